The molecule has 2 aromatic rings. The third-order valence-corrected chi connectivity index (χ3v) is 11.9. The number of benzene rings is 2. The molecule has 5 rings (SSSR count). The Hall–Kier alpha value is -2.29. The van der Waals surface area contributed by atoms with Crippen molar-refractivity contribution < 1.29 is 23.1 Å². The summed E-state index contributed by atoms with van der Waals surface area (Å²) < 4.78 is 35.1. The van der Waals surface area contributed by atoms with Crippen molar-refractivity contribution in [3.63, 3.8) is 0 Å². The number of nitrogens with one attached hydrogen (secondary N) is 1. The van der Waals surface area contributed by atoms with Crippen LogP contribution in [-0.4, -0.2) is 44.4 Å². The molecular formula is C32H43ClN2O5S. The second kappa shape index (κ2) is 12.9. The van der Waals surface area contributed by atoms with E-state index in [2.05, 4.69) is 9.62 Å². The van der Waals surface area contributed by atoms with Gasteiger partial charge in [-0.1, -0.05) is 31.0 Å². The average Bonchev–Trinajstić information content (AvgIpc) is 2.96. The van der Waals surface area contributed by atoms with Gasteiger partial charge in [0.2, 0.25) is 10.0 Å². The fourth-order valence-corrected chi connectivity index (χ4v) is 8.27. The van der Waals surface area contributed by atoms with Gasteiger partial charge in [-0.05, 0) is 117 Å². The summed E-state index contributed by atoms with van der Waals surface area (Å²) in [5.41, 5.74) is 3.39. The van der Waals surface area contributed by atoms with Crippen molar-refractivity contribution in [1.82, 2.24) is 4.72 Å². The largest absolute Gasteiger partial charge is 0.487 e. The van der Waals surface area contributed by atoms with E-state index in [4.69, 9.17) is 16.3 Å². The van der Waals surface area contributed by atoms with E-state index in [1.54, 1.807) is 25.1 Å². The van der Waals surface area contributed by atoms with E-state index in [1.807, 2.05) is 25.1 Å². The first-order valence-corrected chi connectivity index (χ1v) is 17.0. The third-order valence-electron chi connectivity index (χ3n) is 9.77. The number of fused-ring (bicyclic) bond motifs is 3. The number of hydrogen-bond donors (Lipinski definition) is 2. The zero-order valence-corrected chi connectivity index (χ0v) is 25.7. The lowest BCUT2D eigenvalue weighted by Gasteiger charge is -2.44. The molecule has 0 saturated heterocycles. The van der Waals surface area contributed by atoms with Gasteiger partial charge in [-0.3, -0.25) is 4.79 Å². The minimum absolute atomic E-state index is 0.112. The quantitative estimate of drug-likeness (QED) is 0.418. The first-order chi connectivity index (χ1) is 19.7. The summed E-state index contributed by atoms with van der Waals surface area (Å²) in [5.74, 6) is 1.04. The number of sulfonamides is 1. The number of carbonyl (C=O) groups is 1. The Bertz CT molecular complexity index is 1350. The Morgan fingerprint density at radius 3 is 2.61 bits per heavy atom. The van der Waals surface area contributed by atoms with Crippen LogP contribution < -0.4 is 14.4 Å². The lowest BCUT2D eigenvalue weighted by atomic mass is 9.65. The van der Waals surface area contributed by atoms with E-state index in [9.17, 15) is 18.3 Å². The molecule has 2 aromatic carbocycles. The number of carbonyl (C=O) groups excluding carboxylic acids is 1. The number of amides is 1. The number of ether oxygens (including phenoxy) is 1. The second-order valence-corrected chi connectivity index (χ2v) is 14.8. The average molecular weight is 603 g/mol. The maximum absolute atomic E-state index is 13.3. The van der Waals surface area contributed by atoms with Crippen molar-refractivity contribution in [3.8, 4) is 5.75 Å². The van der Waals surface area contributed by atoms with Crippen LogP contribution >= 0.6 is 11.6 Å². The van der Waals surface area contributed by atoms with E-state index >= 15 is 0 Å². The Morgan fingerprint density at radius 2 is 1.85 bits per heavy atom. The summed E-state index contributed by atoms with van der Waals surface area (Å²) in [6.07, 6.45) is 7.54. The van der Waals surface area contributed by atoms with Crippen LogP contribution in [0.3, 0.4) is 0 Å². The molecule has 2 heterocycles. The van der Waals surface area contributed by atoms with Crippen molar-refractivity contribution in [2.24, 2.45) is 23.7 Å². The van der Waals surface area contributed by atoms with E-state index in [0.29, 0.717) is 34.8 Å². The monoisotopic (exact) mass is 602 g/mol. The number of aliphatic hydroxyl groups is 1. The maximum Gasteiger partial charge on any atom is 0.264 e. The number of halogens is 1. The summed E-state index contributed by atoms with van der Waals surface area (Å²) in [5, 5.41) is 10.3. The standard InChI is InChI=1S/C32H43ClN2O5S/c1-21-6-5-8-26(19-36)29-13-10-25(29)18-35-15-4-3-7-23-16-28(33)12-9-27(23)20-40-31-14-11-24(17-30(31)35)32(37)34-41(38,39)22(21)2/h9,11-12,14,16-17,21-22,25-26,29,36H,3-8,10,13,15,18-20H2,1-2H3,(H,34,37)/t21-,22+,25-,26-,29?/m0/s1. The van der Waals surface area contributed by atoms with Crippen LogP contribution in [0.5, 0.6) is 5.75 Å². The Balaban J connectivity index is 1.53. The van der Waals surface area contributed by atoms with E-state index in [0.717, 1.165) is 75.7 Å². The molecule has 1 unspecified atom stereocenters. The minimum Gasteiger partial charge on any atom is -0.487 e. The zero-order chi connectivity index (χ0) is 29.1. The van der Waals surface area contributed by atoms with Crippen LogP contribution in [0.4, 0.5) is 5.69 Å². The number of rotatable bonds is 1. The Labute approximate surface area is 249 Å². The van der Waals surface area contributed by atoms with Gasteiger partial charge in [0.05, 0.1) is 10.9 Å². The molecule has 5 atom stereocenters. The van der Waals surface area contributed by atoms with Gasteiger partial charge in [-0.25, -0.2) is 13.1 Å². The predicted molar refractivity (Wildman–Crippen MR) is 163 cm³/mol. The van der Waals surface area contributed by atoms with Gasteiger partial charge in [0, 0.05) is 30.3 Å². The molecule has 2 aliphatic heterocycles. The molecule has 0 spiro atoms. The van der Waals surface area contributed by atoms with Crippen LogP contribution in [0.1, 0.15) is 80.3 Å². The van der Waals surface area contributed by atoms with Gasteiger partial charge >= 0.3 is 0 Å². The maximum atomic E-state index is 13.3. The third kappa shape index (κ3) is 6.86. The molecule has 2 bridgehead atoms. The number of aliphatic hydroxyl groups excluding tert-OH is 1. The molecule has 0 aromatic heterocycles. The molecule has 1 amide bonds. The molecule has 7 nitrogen and oxygen atoms in total. The fourth-order valence-electron chi connectivity index (χ4n) is 6.77. The number of aryl methyl sites for hydroxylation is 1. The highest BCUT2D eigenvalue weighted by Gasteiger charge is 2.38. The molecule has 1 fully saturated rings. The summed E-state index contributed by atoms with van der Waals surface area (Å²) >= 11 is 6.31. The van der Waals surface area contributed by atoms with E-state index in [1.165, 1.54) is 5.56 Å². The lowest BCUT2D eigenvalue weighted by Crippen LogP contribution is -2.43. The summed E-state index contributed by atoms with van der Waals surface area (Å²) in [7, 11) is -3.87. The SMILES string of the molecule is C[C@@H]1[C@@H](C)CCC[C@@H](CO)C2CC[C@H]2CN2CCCCc3cc(Cl)ccc3COc3ccc(cc32)C(=O)NS1(=O)=O. The van der Waals surface area contributed by atoms with Gasteiger partial charge in [-0.2, -0.15) is 0 Å². The minimum atomic E-state index is -3.87. The first-order valence-electron chi connectivity index (χ1n) is 15.1. The van der Waals surface area contributed by atoms with Crippen LogP contribution in [0.25, 0.3) is 0 Å². The Morgan fingerprint density at radius 1 is 1.02 bits per heavy atom. The smallest absolute Gasteiger partial charge is 0.264 e. The topological polar surface area (TPSA) is 95.9 Å². The highest BCUT2D eigenvalue weighted by molar-refractivity contribution is 7.90. The lowest BCUT2D eigenvalue weighted by molar-refractivity contribution is 0.0575. The fraction of sp³-hybridized carbons (Fsp3) is 0.594. The summed E-state index contributed by atoms with van der Waals surface area (Å²) in [6.45, 7) is 5.74. The molecule has 2 N–H and O–H groups in total. The second-order valence-electron chi connectivity index (χ2n) is 12.3. The molecule has 3 aliphatic rings. The number of anilines is 1. The highest BCUT2D eigenvalue weighted by Crippen LogP contribution is 2.44. The van der Waals surface area contributed by atoms with Crippen LogP contribution in [0, 0.1) is 23.7 Å². The van der Waals surface area contributed by atoms with Crippen LogP contribution in [0.15, 0.2) is 36.4 Å². The first kappa shape index (κ1) is 30.2. The van der Waals surface area contributed by atoms with Gasteiger partial charge in [0.15, 0.2) is 0 Å². The number of hydrogen-bond acceptors (Lipinski definition) is 6. The van der Waals surface area contributed by atoms with E-state index in [-0.39, 0.29) is 18.4 Å². The molecular weight excluding hydrogens is 560 g/mol. The van der Waals surface area contributed by atoms with Crippen LogP contribution in [0.2, 0.25) is 5.02 Å². The van der Waals surface area contributed by atoms with Gasteiger partial charge in [-0.15, -0.1) is 0 Å². The molecule has 224 valence electrons. The van der Waals surface area contributed by atoms with Crippen molar-refractivity contribution >= 4 is 33.2 Å². The summed E-state index contributed by atoms with van der Waals surface area (Å²) in [6, 6.07) is 11.2. The number of nitrogens with zero attached hydrogens (tertiary/aromatic N) is 1. The van der Waals surface area contributed by atoms with Gasteiger partial charge in [0.1, 0.15) is 12.4 Å². The zero-order valence-electron chi connectivity index (χ0n) is 24.1. The van der Waals surface area contributed by atoms with Crippen molar-refractivity contribution in [3.05, 3.63) is 58.1 Å². The van der Waals surface area contributed by atoms with Crippen molar-refractivity contribution in [2.75, 3.05) is 24.6 Å². The molecule has 41 heavy (non-hydrogen) atoms. The van der Waals surface area contributed by atoms with E-state index < -0.39 is 21.2 Å². The van der Waals surface area contributed by atoms with Gasteiger partial charge in [0.25, 0.3) is 5.91 Å². The predicted octanol–water partition coefficient (Wildman–Crippen LogP) is 5.96. The normalized spacial score (nSPS) is 29.0. The molecule has 1 aliphatic carbocycles. The molecule has 1 saturated carbocycles. The molecule has 0 radical (unpaired) electrons. The Kier molecular flexibility index (Phi) is 9.51. The summed E-state index contributed by atoms with van der Waals surface area (Å²) in [4.78, 5) is 15.6. The highest BCUT2D eigenvalue weighted by atomic mass is 35.5. The van der Waals surface area contributed by atoms with Crippen LogP contribution in [-0.2, 0) is 23.1 Å². The molecule has 9 heteroatoms. The van der Waals surface area contributed by atoms with Gasteiger partial charge < -0.3 is 14.7 Å². The van der Waals surface area contributed by atoms with Crippen molar-refractivity contribution in [1.29, 1.82) is 0 Å². The van der Waals surface area contributed by atoms with Crippen molar-refractivity contribution in [2.45, 2.75) is 77.1 Å².